The molecule has 0 atom stereocenters. The molecule has 1 N–H and O–H groups in total. The standard InChI is InChI=1S/C14H17NO5S/c16-14(17)5-7-15(11-1-2-11)21(18,19)12-3-4-13-10(9-12)6-8-20-13/h3-4,9,11H,1-2,5-8H2,(H,16,17). The fraction of sp³-hybridized carbons (Fsp3) is 0.500. The van der Waals surface area contributed by atoms with Crippen molar-refractivity contribution in [2.24, 2.45) is 0 Å². The van der Waals surface area contributed by atoms with Crippen LogP contribution < -0.4 is 4.74 Å². The normalized spacial score (nSPS) is 17.6. The van der Waals surface area contributed by atoms with Crippen LogP contribution in [0.1, 0.15) is 24.8 Å². The van der Waals surface area contributed by atoms with Gasteiger partial charge in [-0.1, -0.05) is 0 Å². The van der Waals surface area contributed by atoms with E-state index in [-0.39, 0.29) is 23.9 Å². The summed E-state index contributed by atoms with van der Waals surface area (Å²) in [5.41, 5.74) is 0.894. The van der Waals surface area contributed by atoms with E-state index >= 15 is 0 Å². The van der Waals surface area contributed by atoms with Crippen LogP contribution in [0.3, 0.4) is 0 Å². The number of hydrogen-bond acceptors (Lipinski definition) is 4. The van der Waals surface area contributed by atoms with E-state index in [1.54, 1.807) is 12.1 Å². The third-order valence-corrected chi connectivity index (χ3v) is 5.72. The lowest BCUT2D eigenvalue weighted by molar-refractivity contribution is -0.137. The van der Waals surface area contributed by atoms with Crippen molar-refractivity contribution in [1.82, 2.24) is 4.31 Å². The highest BCUT2D eigenvalue weighted by molar-refractivity contribution is 7.89. The first kappa shape index (κ1) is 14.3. The monoisotopic (exact) mass is 311 g/mol. The van der Waals surface area contributed by atoms with Crippen LogP contribution in [-0.4, -0.2) is 43.0 Å². The number of carboxylic acids is 1. The van der Waals surface area contributed by atoms with Crippen molar-refractivity contribution >= 4 is 16.0 Å². The van der Waals surface area contributed by atoms with Gasteiger partial charge in [0, 0.05) is 19.0 Å². The highest BCUT2D eigenvalue weighted by Crippen LogP contribution is 2.34. The molecule has 114 valence electrons. The van der Waals surface area contributed by atoms with Crippen LogP contribution in [0.2, 0.25) is 0 Å². The average molecular weight is 311 g/mol. The molecule has 0 radical (unpaired) electrons. The summed E-state index contributed by atoms with van der Waals surface area (Å²) in [6.45, 7) is 0.597. The molecule has 1 saturated carbocycles. The van der Waals surface area contributed by atoms with Gasteiger partial charge in [-0.05, 0) is 36.6 Å². The van der Waals surface area contributed by atoms with E-state index in [1.165, 1.54) is 10.4 Å². The first-order valence-corrected chi connectivity index (χ1v) is 8.42. The van der Waals surface area contributed by atoms with E-state index in [2.05, 4.69) is 0 Å². The lowest BCUT2D eigenvalue weighted by Crippen LogP contribution is -2.35. The molecule has 6 nitrogen and oxygen atoms in total. The summed E-state index contributed by atoms with van der Waals surface area (Å²) in [6, 6.07) is 4.81. The maximum Gasteiger partial charge on any atom is 0.304 e. The van der Waals surface area contributed by atoms with E-state index in [4.69, 9.17) is 9.84 Å². The minimum atomic E-state index is -3.64. The van der Waals surface area contributed by atoms with E-state index < -0.39 is 16.0 Å². The molecule has 7 heteroatoms. The van der Waals surface area contributed by atoms with E-state index in [1.807, 2.05) is 0 Å². The van der Waals surface area contributed by atoms with Crippen LogP contribution in [0.25, 0.3) is 0 Å². The Morgan fingerprint density at radius 3 is 2.81 bits per heavy atom. The Balaban J connectivity index is 1.88. The Labute approximate surface area is 123 Å². The molecule has 1 aliphatic heterocycles. The topological polar surface area (TPSA) is 83.9 Å². The van der Waals surface area contributed by atoms with Crippen molar-refractivity contribution in [3.63, 3.8) is 0 Å². The number of ether oxygens (including phenoxy) is 1. The minimum Gasteiger partial charge on any atom is -0.493 e. The summed E-state index contributed by atoms with van der Waals surface area (Å²) in [5, 5.41) is 8.79. The summed E-state index contributed by atoms with van der Waals surface area (Å²) < 4.78 is 32.1. The number of rotatable bonds is 6. The lowest BCUT2D eigenvalue weighted by atomic mass is 10.2. The van der Waals surface area contributed by atoms with Crippen LogP contribution in [0.15, 0.2) is 23.1 Å². The van der Waals surface area contributed by atoms with Crippen LogP contribution >= 0.6 is 0 Å². The van der Waals surface area contributed by atoms with Crippen molar-refractivity contribution in [3.05, 3.63) is 23.8 Å². The largest absolute Gasteiger partial charge is 0.493 e. The molecule has 3 rings (SSSR count). The Hall–Kier alpha value is -1.60. The fourth-order valence-electron chi connectivity index (χ4n) is 2.53. The predicted molar refractivity (Wildman–Crippen MR) is 74.8 cm³/mol. The smallest absolute Gasteiger partial charge is 0.304 e. The molecule has 0 spiro atoms. The van der Waals surface area contributed by atoms with E-state index in [0.717, 1.165) is 24.2 Å². The molecular weight excluding hydrogens is 294 g/mol. The first-order chi connectivity index (χ1) is 9.98. The van der Waals surface area contributed by atoms with Gasteiger partial charge in [0.1, 0.15) is 5.75 Å². The summed E-state index contributed by atoms with van der Waals surface area (Å²) >= 11 is 0. The number of carboxylic acid groups (broad SMARTS) is 1. The molecule has 1 aliphatic carbocycles. The van der Waals surface area contributed by atoms with Crippen molar-refractivity contribution in [1.29, 1.82) is 0 Å². The van der Waals surface area contributed by atoms with Gasteiger partial charge in [-0.2, -0.15) is 4.31 Å². The van der Waals surface area contributed by atoms with Gasteiger partial charge in [0.15, 0.2) is 0 Å². The Bertz CT molecular complexity index is 666. The molecule has 2 aliphatic rings. The van der Waals surface area contributed by atoms with E-state index in [9.17, 15) is 13.2 Å². The molecule has 21 heavy (non-hydrogen) atoms. The van der Waals surface area contributed by atoms with E-state index in [0.29, 0.717) is 13.0 Å². The second-order valence-electron chi connectivity index (χ2n) is 5.36. The van der Waals surface area contributed by atoms with Gasteiger partial charge in [-0.25, -0.2) is 8.42 Å². The Morgan fingerprint density at radius 1 is 1.38 bits per heavy atom. The number of carbonyl (C=O) groups is 1. The molecule has 0 unspecified atom stereocenters. The summed E-state index contributed by atoms with van der Waals surface area (Å²) in [6.07, 6.45) is 2.13. The lowest BCUT2D eigenvalue weighted by Gasteiger charge is -2.21. The molecule has 1 aromatic rings. The number of fused-ring (bicyclic) bond motifs is 1. The van der Waals surface area contributed by atoms with Gasteiger partial charge in [0.05, 0.1) is 17.9 Å². The van der Waals surface area contributed by atoms with Crippen molar-refractivity contribution in [3.8, 4) is 5.75 Å². The number of hydrogen-bond donors (Lipinski definition) is 1. The molecule has 1 aromatic carbocycles. The summed E-state index contributed by atoms with van der Waals surface area (Å²) in [4.78, 5) is 11.0. The SMILES string of the molecule is O=C(O)CCN(C1CC1)S(=O)(=O)c1ccc2c(c1)CCO2. The van der Waals surface area contributed by atoms with Crippen LogP contribution in [0.4, 0.5) is 0 Å². The molecule has 0 bridgehead atoms. The zero-order valence-electron chi connectivity index (χ0n) is 11.5. The maximum absolute atomic E-state index is 12.7. The van der Waals surface area contributed by atoms with Crippen LogP contribution in [-0.2, 0) is 21.2 Å². The Kier molecular flexibility index (Phi) is 3.62. The van der Waals surface area contributed by atoms with Crippen molar-refractivity contribution in [2.45, 2.75) is 36.6 Å². The van der Waals surface area contributed by atoms with Crippen LogP contribution in [0, 0.1) is 0 Å². The third kappa shape index (κ3) is 2.89. The second kappa shape index (κ2) is 5.31. The third-order valence-electron chi connectivity index (χ3n) is 3.77. The molecule has 1 fully saturated rings. The zero-order valence-corrected chi connectivity index (χ0v) is 12.3. The highest BCUT2D eigenvalue weighted by Gasteiger charge is 2.38. The van der Waals surface area contributed by atoms with Gasteiger partial charge in [-0.15, -0.1) is 0 Å². The van der Waals surface area contributed by atoms with Gasteiger partial charge >= 0.3 is 5.97 Å². The molecule has 1 heterocycles. The number of aliphatic carboxylic acids is 1. The fourth-order valence-corrected chi connectivity index (χ4v) is 4.26. The maximum atomic E-state index is 12.7. The summed E-state index contributed by atoms with van der Waals surface area (Å²) in [7, 11) is -3.64. The average Bonchev–Trinajstić information content (AvgIpc) is 3.14. The Morgan fingerprint density at radius 2 is 2.14 bits per heavy atom. The molecular formula is C14H17NO5S. The van der Waals surface area contributed by atoms with Gasteiger partial charge in [0.25, 0.3) is 0 Å². The van der Waals surface area contributed by atoms with Gasteiger partial charge in [0.2, 0.25) is 10.0 Å². The first-order valence-electron chi connectivity index (χ1n) is 6.98. The molecule has 0 aromatic heterocycles. The van der Waals surface area contributed by atoms with Crippen molar-refractivity contribution in [2.75, 3.05) is 13.2 Å². The van der Waals surface area contributed by atoms with Crippen molar-refractivity contribution < 1.29 is 23.1 Å². The van der Waals surface area contributed by atoms with Crippen LogP contribution in [0.5, 0.6) is 5.75 Å². The van der Waals surface area contributed by atoms with Gasteiger partial charge < -0.3 is 9.84 Å². The zero-order chi connectivity index (χ0) is 15.0. The summed E-state index contributed by atoms with van der Waals surface area (Å²) in [5.74, 6) is -0.254. The minimum absolute atomic E-state index is 0.0237. The number of sulfonamides is 1. The molecule has 0 saturated heterocycles. The second-order valence-corrected chi connectivity index (χ2v) is 7.25. The number of nitrogens with zero attached hydrogens (tertiary/aromatic N) is 1. The predicted octanol–water partition coefficient (Wildman–Crippen LogP) is 1.25. The number of benzene rings is 1. The highest BCUT2D eigenvalue weighted by atomic mass is 32.2. The van der Waals surface area contributed by atoms with Gasteiger partial charge in [-0.3, -0.25) is 4.79 Å². The quantitative estimate of drug-likeness (QED) is 0.855. The molecule has 0 amide bonds.